The molecule has 0 aromatic heterocycles. The molecular weight excluding hydrogens is 291 g/mol. The topological polar surface area (TPSA) is 71.0 Å². The van der Waals surface area contributed by atoms with Crippen LogP contribution in [0.15, 0.2) is 18.2 Å². The number of ether oxygens (including phenoxy) is 2. The second kappa shape index (κ2) is 6.20. The van der Waals surface area contributed by atoms with Crippen LogP contribution >= 0.6 is 0 Å². The molecule has 1 aliphatic rings. The van der Waals surface area contributed by atoms with Crippen LogP contribution in [0.2, 0.25) is 0 Å². The van der Waals surface area contributed by atoms with E-state index in [0.29, 0.717) is 11.4 Å². The molecule has 0 aliphatic carbocycles. The number of aliphatic hydroxyl groups excluding tert-OH is 1. The van der Waals surface area contributed by atoms with Crippen LogP contribution in [0.5, 0.6) is 5.75 Å². The van der Waals surface area contributed by atoms with Gasteiger partial charge in [-0.1, -0.05) is 0 Å². The maximum absolute atomic E-state index is 13.4. The van der Waals surface area contributed by atoms with Gasteiger partial charge in [0.15, 0.2) is 0 Å². The molecule has 0 spiro atoms. The van der Waals surface area contributed by atoms with Crippen LogP contribution in [0, 0.1) is 5.82 Å². The number of rotatable bonds is 3. The van der Waals surface area contributed by atoms with Crippen LogP contribution in [0.25, 0.3) is 0 Å². The second-order valence-corrected chi connectivity index (χ2v) is 6.12. The number of amides is 1. The summed E-state index contributed by atoms with van der Waals surface area (Å²) >= 11 is 0. The van der Waals surface area contributed by atoms with Crippen LogP contribution in [-0.4, -0.2) is 42.7 Å². The molecule has 2 atom stereocenters. The minimum Gasteiger partial charge on any atom is -0.489 e. The van der Waals surface area contributed by atoms with E-state index in [0.717, 1.165) is 0 Å². The molecule has 22 heavy (non-hydrogen) atoms. The van der Waals surface area contributed by atoms with Crippen LogP contribution in [0.3, 0.4) is 0 Å². The lowest BCUT2D eigenvalue weighted by Gasteiger charge is -2.27. The van der Waals surface area contributed by atoms with Crippen molar-refractivity contribution < 1.29 is 23.8 Å². The van der Waals surface area contributed by atoms with Crippen LogP contribution in [0.1, 0.15) is 20.8 Å². The highest BCUT2D eigenvalue weighted by molar-refractivity contribution is 5.98. The molecule has 122 valence electrons. The number of hydrogen-bond donors (Lipinski definition) is 2. The first kappa shape index (κ1) is 16.7. The van der Waals surface area contributed by atoms with Gasteiger partial charge in [-0.2, -0.15) is 0 Å². The maximum atomic E-state index is 13.4. The maximum Gasteiger partial charge on any atom is 0.247 e. The average molecular weight is 312 g/mol. The minimum atomic E-state index is -1.32. The van der Waals surface area contributed by atoms with Gasteiger partial charge in [0.05, 0.1) is 11.3 Å². The zero-order valence-corrected chi connectivity index (χ0v) is 13.1. The Labute approximate surface area is 128 Å². The number of hydrogen-bond acceptors (Lipinski definition) is 5. The number of carbonyl (C=O) groups is 1. The molecule has 1 aromatic carbocycles. The zero-order valence-electron chi connectivity index (χ0n) is 13.1. The van der Waals surface area contributed by atoms with Gasteiger partial charge in [0, 0.05) is 13.1 Å². The van der Waals surface area contributed by atoms with Gasteiger partial charge in [-0.15, -0.1) is 0 Å². The molecule has 7 heteroatoms. The van der Waals surface area contributed by atoms with Gasteiger partial charge in [0.25, 0.3) is 0 Å². The summed E-state index contributed by atoms with van der Waals surface area (Å²) in [5.41, 5.74) is -0.223. The van der Waals surface area contributed by atoms with Gasteiger partial charge in [0.2, 0.25) is 12.3 Å². The summed E-state index contributed by atoms with van der Waals surface area (Å²) in [6.45, 7) is 5.36. The predicted molar refractivity (Wildman–Crippen MR) is 79.1 cm³/mol. The monoisotopic (exact) mass is 312 g/mol. The Morgan fingerprint density at radius 1 is 1.50 bits per heavy atom. The summed E-state index contributed by atoms with van der Waals surface area (Å²) in [4.78, 5) is 13.7. The molecule has 1 aliphatic heterocycles. The van der Waals surface area contributed by atoms with Crippen LogP contribution in [-0.2, 0) is 9.53 Å². The molecule has 1 unspecified atom stereocenters. The van der Waals surface area contributed by atoms with Gasteiger partial charge in [-0.3, -0.25) is 10.1 Å². The summed E-state index contributed by atoms with van der Waals surface area (Å²) in [5.74, 6) is -0.391. The highest BCUT2D eigenvalue weighted by atomic mass is 19.1. The summed E-state index contributed by atoms with van der Waals surface area (Å²) in [6, 6.07) is 3.16. The number of anilines is 1. The largest absolute Gasteiger partial charge is 0.489 e. The van der Waals surface area contributed by atoms with Crippen molar-refractivity contribution in [1.82, 2.24) is 5.32 Å². The third-order valence-corrected chi connectivity index (χ3v) is 3.13. The van der Waals surface area contributed by atoms with E-state index in [1.807, 2.05) is 0 Å². The molecule has 1 aromatic rings. The number of nitrogens with one attached hydrogen (secondary N) is 1. The molecule has 6 nitrogen and oxygen atoms in total. The van der Waals surface area contributed by atoms with Gasteiger partial charge in [-0.05, 0) is 32.9 Å². The number of aliphatic hydroxyl groups is 1. The van der Waals surface area contributed by atoms with E-state index in [-0.39, 0.29) is 12.5 Å². The van der Waals surface area contributed by atoms with Gasteiger partial charge in [-0.25, -0.2) is 4.39 Å². The standard InChI is InChI=1S/C15H21FN2O4/c1-15(2,3)22-14(20)17-10-8-21-12-6-5-9(16)7-11(12)18(4)13(10)19/h5-7,10,14,17,20H,8H2,1-4H3/t10-,14?/m0/s1. The molecule has 0 radical (unpaired) electrons. The third kappa shape index (κ3) is 3.94. The molecule has 0 fully saturated rings. The van der Waals surface area contributed by atoms with Crippen molar-refractivity contribution in [3.05, 3.63) is 24.0 Å². The van der Waals surface area contributed by atoms with Crippen molar-refractivity contribution in [3.63, 3.8) is 0 Å². The highest BCUT2D eigenvalue weighted by Gasteiger charge is 2.31. The Hall–Kier alpha value is -1.70. The van der Waals surface area contributed by atoms with E-state index in [4.69, 9.17) is 9.47 Å². The first-order valence-corrected chi connectivity index (χ1v) is 6.99. The number of fused-ring (bicyclic) bond motifs is 1. The minimum absolute atomic E-state index is 0.00632. The van der Waals surface area contributed by atoms with E-state index in [1.54, 1.807) is 20.8 Å². The highest BCUT2D eigenvalue weighted by Crippen LogP contribution is 2.31. The second-order valence-electron chi connectivity index (χ2n) is 6.12. The summed E-state index contributed by atoms with van der Waals surface area (Å²) in [6.07, 6.45) is -1.32. The SMILES string of the molecule is CN1C(=O)[C@@H](NC(O)OC(C)(C)C)COc2ccc(F)cc21. The fraction of sp³-hybridized carbons (Fsp3) is 0.533. The summed E-state index contributed by atoms with van der Waals surface area (Å²) in [7, 11) is 1.53. The molecule has 1 heterocycles. The lowest BCUT2D eigenvalue weighted by Crippen LogP contribution is -2.52. The Kier molecular flexibility index (Phi) is 4.69. The summed E-state index contributed by atoms with van der Waals surface area (Å²) < 4.78 is 24.2. The molecule has 0 saturated heterocycles. The van der Waals surface area contributed by atoms with Gasteiger partial charge < -0.3 is 19.5 Å². The first-order chi connectivity index (χ1) is 10.2. The number of benzene rings is 1. The first-order valence-electron chi connectivity index (χ1n) is 6.99. The van der Waals surface area contributed by atoms with E-state index in [2.05, 4.69) is 5.32 Å². The number of carbonyl (C=O) groups excluding carboxylic acids is 1. The number of nitrogens with zero attached hydrogens (tertiary/aromatic N) is 1. The van der Waals surface area contributed by atoms with E-state index in [1.165, 1.54) is 30.1 Å². The smallest absolute Gasteiger partial charge is 0.247 e. The molecule has 1 amide bonds. The number of likely N-dealkylation sites (N-methyl/N-ethyl adjacent to an activating group) is 1. The molecule has 2 rings (SSSR count). The Morgan fingerprint density at radius 2 is 2.18 bits per heavy atom. The Balaban J connectivity index is 2.13. The van der Waals surface area contributed by atoms with Crippen molar-refractivity contribution >= 4 is 11.6 Å². The van der Waals surface area contributed by atoms with Gasteiger partial charge >= 0.3 is 0 Å². The van der Waals surface area contributed by atoms with Crippen molar-refractivity contribution in [2.75, 3.05) is 18.6 Å². The molecule has 0 bridgehead atoms. The quantitative estimate of drug-likeness (QED) is 0.822. The van der Waals surface area contributed by atoms with E-state index < -0.39 is 23.9 Å². The normalized spacial score (nSPS) is 20.2. The summed E-state index contributed by atoms with van der Waals surface area (Å²) in [5, 5.41) is 12.5. The fourth-order valence-electron chi connectivity index (χ4n) is 2.13. The molecule has 2 N–H and O–H groups in total. The lowest BCUT2D eigenvalue weighted by molar-refractivity contribution is -0.187. The fourth-order valence-corrected chi connectivity index (χ4v) is 2.13. The lowest BCUT2D eigenvalue weighted by atomic mass is 10.2. The van der Waals surface area contributed by atoms with Crippen LogP contribution < -0.4 is 15.0 Å². The third-order valence-electron chi connectivity index (χ3n) is 3.13. The average Bonchev–Trinajstić information content (AvgIpc) is 2.50. The number of halogens is 1. The Morgan fingerprint density at radius 3 is 2.82 bits per heavy atom. The molecule has 0 saturated carbocycles. The zero-order chi connectivity index (χ0) is 16.5. The van der Waals surface area contributed by atoms with Crippen molar-refractivity contribution in [1.29, 1.82) is 0 Å². The van der Waals surface area contributed by atoms with E-state index in [9.17, 15) is 14.3 Å². The Bertz CT molecular complexity index is 559. The van der Waals surface area contributed by atoms with Crippen molar-refractivity contribution in [2.45, 2.75) is 38.8 Å². The van der Waals surface area contributed by atoms with Gasteiger partial charge in [0.1, 0.15) is 24.2 Å². The van der Waals surface area contributed by atoms with Crippen molar-refractivity contribution in [3.8, 4) is 5.75 Å². The molecular formula is C15H21FN2O4. The van der Waals surface area contributed by atoms with E-state index >= 15 is 0 Å². The predicted octanol–water partition coefficient (Wildman–Crippen LogP) is 1.23. The van der Waals surface area contributed by atoms with Crippen molar-refractivity contribution in [2.24, 2.45) is 0 Å². The van der Waals surface area contributed by atoms with Crippen LogP contribution in [0.4, 0.5) is 10.1 Å².